The molecular weight excluding hydrogens is 465 g/mol. The first-order chi connectivity index (χ1) is 16.4. The van der Waals surface area contributed by atoms with E-state index in [4.69, 9.17) is 0 Å². The molecule has 0 bridgehead atoms. The lowest BCUT2D eigenvalue weighted by Crippen LogP contribution is -2.40. The van der Waals surface area contributed by atoms with Crippen LogP contribution in [0.2, 0.25) is 0 Å². The van der Waals surface area contributed by atoms with Crippen molar-refractivity contribution in [3.63, 3.8) is 0 Å². The van der Waals surface area contributed by atoms with E-state index >= 15 is 0 Å². The van der Waals surface area contributed by atoms with Crippen LogP contribution in [0.1, 0.15) is 51.1 Å². The van der Waals surface area contributed by atoms with Gasteiger partial charge in [-0.15, -0.1) is 0 Å². The highest BCUT2D eigenvalue weighted by Crippen LogP contribution is 2.26. The Kier molecular flexibility index (Phi) is 7.97. The zero-order valence-corrected chi connectivity index (χ0v) is 21.8. The van der Waals surface area contributed by atoms with E-state index in [1.165, 1.54) is 43.4 Å². The monoisotopic (exact) mass is 497 g/mol. The molecule has 3 rings (SSSR count). The van der Waals surface area contributed by atoms with Crippen molar-refractivity contribution in [2.75, 3.05) is 18.4 Å². The number of aryl methyl sites for hydroxylation is 3. The Morgan fingerprint density at radius 3 is 2.14 bits per heavy atom. The number of anilines is 1. The molecule has 3 aromatic rings. The second kappa shape index (κ2) is 10.6. The molecule has 1 N–H and O–H groups in total. The third-order valence-electron chi connectivity index (χ3n) is 6.10. The predicted molar refractivity (Wildman–Crippen MR) is 138 cm³/mol. The van der Waals surface area contributed by atoms with E-state index in [1.807, 2.05) is 20.8 Å². The number of hydrogen-bond donors (Lipinski definition) is 1. The van der Waals surface area contributed by atoms with E-state index in [0.29, 0.717) is 11.1 Å². The number of amides is 1. The van der Waals surface area contributed by atoms with E-state index < -0.39 is 16.0 Å². The van der Waals surface area contributed by atoms with Crippen molar-refractivity contribution in [3.05, 3.63) is 99.9 Å². The van der Waals surface area contributed by atoms with Crippen LogP contribution in [0.5, 0.6) is 0 Å². The number of halogens is 1. The molecule has 0 fully saturated rings. The smallest absolute Gasteiger partial charge is 0.303 e. The summed E-state index contributed by atoms with van der Waals surface area (Å²) in [5.74, 6) is -0.863. The molecule has 35 heavy (non-hydrogen) atoms. The molecule has 3 aromatic carbocycles. The minimum atomic E-state index is -3.95. The van der Waals surface area contributed by atoms with Gasteiger partial charge in [0.25, 0.3) is 5.91 Å². The summed E-state index contributed by atoms with van der Waals surface area (Å²) >= 11 is 0. The van der Waals surface area contributed by atoms with Gasteiger partial charge in [-0.3, -0.25) is 9.10 Å². The van der Waals surface area contributed by atoms with Crippen molar-refractivity contribution in [1.29, 1.82) is 0 Å². The first-order valence-corrected chi connectivity index (χ1v) is 12.7. The molecule has 1 amide bonds. The van der Waals surface area contributed by atoms with Gasteiger partial charge in [-0.1, -0.05) is 36.4 Å². The highest BCUT2D eigenvalue weighted by atomic mass is 32.2. The number of carbonyl (C=O) groups is 1. The Labute approximate surface area is 207 Å². The summed E-state index contributed by atoms with van der Waals surface area (Å²) in [7, 11) is -1.15. The normalized spacial score (nSPS) is 12.5. The van der Waals surface area contributed by atoms with E-state index in [9.17, 15) is 17.6 Å². The van der Waals surface area contributed by atoms with Gasteiger partial charge in [0.2, 0.25) is 0 Å². The highest BCUT2D eigenvalue weighted by molar-refractivity contribution is 7.90. The molecular formula is C27H32FN3O3S. The molecule has 0 radical (unpaired) electrons. The van der Waals surface area contributed by atoms with Crippen molar-refractivity contribution in [3.8, 4) is 0 Å². The minimum Gasteiger partial charge on any atom is -0.346 e. The van der Waals surface area contributed by atoms with Crippen LogP contribution in [0.25, 0.3) is 0 Å². The lowest BCUT2D eigenvalue weighted by molar-refractivity contribution is 0.0939. The fraction of sp³-hybridized carbons (Fsp3) is 0.296. The Balaban J connectivity index is 1.80. The zero-order chi connectivity index (χ0) is 25.9. The van der Waals surface area contributed by atoms with Crippen molar-refractivity contribution in [2.24, 2.45) is 0 Å². The van der Waals surface area contributed by atoms with Crippen LogP contribution in [0, 0.1) is 26.6 Å². The maximum absolute atomic E-state index is 14.5. The Morgan fingerprint density at radius 2 is 1.54 bits per heavy atom. The highest BCUT2D eigenvalue weighted by Gasteiger charge is 2.27. The Bertz CT molecular complexity index is 1320. The molecule has 8 heteroatoms. The number of nitrogens with zero attached hydrogens (tertiary/aromatic N) is 2. The van der Waals surface area contributed by atoms with Gasteiger partial charge in [0, 0.05) is 19.7 Å². The van der Waals surface area contributed by atoms with Crippen molar-refractivity contribution >= 4 is 21.8 Å². The topological polar surface area (TPSA) is 69.7 Å². The van der Waals surface area contributed by atoms with Crippen molar-refractivity contribution < 1.29 is 17.6 Å². The molecule has 0 aliphatic heterocycles. The van der Waals surface area contributed by atoms with E-state index in [1.54, 1.807) is 30.3 Å². The molecule has 0 saturated heterocycles. The van der Waals surface area contributed by atoms with Gasteiger partial charge in [0.1, 0.15) is 5.82 Å². The fourth-order valence-electron chi connectivity index (χ4n) is 3.88. The van der Waals surface area contributed by atoms with Gasteiger partial charge in [0.15, 0.2) is 0 Å². The largest absolute Gasteiger partial charge is 0.346 e. The second-order valence-corrected chi connectivity index (χ2v) is 11.0. The summed E-state index contributed by atoms with van der Waals surface area (Å²) in [6.07, 6.45) is 0. The zero-order valence-electron chi connectivity index (χ0n) is 21.0. The van der Waals surface area contributed by atoms with E-state index in [-0.39, 0.29) is 24.2 Å². The molecule has 0 aromatic heterocycles. The summed E-state index contributed by atoms with van der Waals surface area (Å²) < 4.78 is 42.3. The third-order valence-corrected chi connectivity index (χ3v) is 7.91. The van der Waals surface area contributed by atoms with Crippen LogP contribution in [0.4, 0.5) is 10.1 Å². The maximum Gasteiger partial charge on any atom is 0.303 e. The average molecular weight is 498 g/mol. The Hall–Kier alpha value is -3.23. The number of carbonyl (C=O) groups excluding carboxylic acids is 1. The first kappa shape index (κ1) is 26.4. The van der Waals surface area contributed by atoms with Crippen LogP contribution >= 0.6 is 0 Å². The molecule has 186 valence electrons. The van der Waals surface area contributed by atoms with Gasteiger partial charge < -0.3 is 5.32 Å². The number of para-hydroxylation sites is 1. The average Bonchev–Trinajstić information content (AvgIpc) is 2.80. The summed E-state index contributed by atoms with van der Waals surface area (Å²) in [5, 5.41) is 3.03. The van der Waals surface area contributed by atoms with E-state index in [2.05, 4.69) is 24.4 Å². The maximum atomic E-state index is 14.5. The standard InChI is InChI=1S/C27H32FN3O3S/c1-18-15-20(3)24(16-19(18)2)21(4)29-27(32)23-13-11-22(12-14-23)17-31(35(33,34)30(5)6)26-10-8-7-9-25(26)28/h7-16,21H,17H2,1-6H3,(H,29,32). The number of rotatable bonds is 8. The summed E-state index contributed by atoms with van der Waals surface area (Å²) in [4.78, 5) is 12.9. The molecule has 0 heterocycles. The second-order valence-electron chi connectivity index (χ2n) is 8.93. The van der Waals surface area contributed by atoms with Crippen LogP contribution < -0.4 is 9.62 Å². The number of hydrogen-bond acceptors (Lipinski definition) is 3. The van der Waals surface area contributed by atoms with Crippen molar-refractivity contribution in [2.45, 2.75) is 40.3 Å². The molecule has 1 atom stereocenters. The predicted octanol–water partition coefficient (Wildman–Crippen LogP) is 5.05. The molecule has 1 unspecified atom stereocenters. The molecule has 0 aliphatic carbocycles. The van der Waals surface area contributed by atoms with Gasteiger partial charge in [-0.2, -0.15) is 12.7 Å². The first-order valence-electron chi connectivity index (χ1n) is 11.3. The molecule has 0 spiro atoms. The Morgan fingerprint density at radius 1 is 0.943 bits per heavy atom. The van der Waals surface area contributed by atoms with E-state index in [0.717, 1.165) is 19.7 Å². The van der Waals surface area contributed by atoms with Crippen LogP contribution in [0.3, 0.4) is 0 Å². The quantitative estimate of drug-likeness (QED) is 0.473. The lowest BCUT2D eigenvalue weighted by Gasteiger charge is -2.27. The van der Waals surface area contributed by atoms with Crippen molar-refractivity contribution in [1.82, 2.24) is 9.62 Å². The molecule has 0 saturated carbocycles. The van der Waals surface area contributed by atoms with Gasteiger partial charge >= 0.3 is 10.2 Å². The number of benzene rings is 3. The van der Waals surface area contributed by atoms with Gasteiger partial charge in [-0.05, 0) is 79.8 Å². The summed E-state index contributed by atoms with van der Waals surface area (Å²) in [6.45, 7) is 8.01. The van der Waals surface area contributed by atoms with Gasteiger partial charge in [-0.25, -0.2) is 4.39 Å². The lowest BCUT2D eigenvalue weighted by atomic mass is 9.96. The molecule has 6 nitrogen and oxygen atoms in total. The number of nitrogens with one attached hydrogen (secondary N) is 1. The van der Waals surface area contributed by atoms with Crippen LogP contribution in [-0.2, 0) is 16.8 Å². The van der Waals surface area contributed by atoms with Gasteiger partial charge in [0.05, 0.1) is 18.3 Å². The van der Waals surface area contributed by atoms with Crippen LogP contribution in [0.15, 0.2) is 60.7 Å². The third kappa shape index (κ3) is 5.89. The SMILES string of the molecule is Cc1cc(C)c(C(C)NC(=O)c2ccc(CN(c3ccccc3F)S(=O)(=O)N(C)C)cc2)cc1C. The van der Waals surface area contributed by atoms with Crippen LogP contribution in [-0.4, -0.2) is 32.7 Å². The fourth-order valence-corrected chi connectivity index (χ4v) is 4.98. The molecule has 0 aliphatic rings. The minimum absolute atomic E-state index is 0.0411. The summed E-state index contributed by atoms with van der Waals surface area (Å²) in [5.41, 5.74) is 5.59. The summed E-state index contributed by atoms with van der Waals surface area (Å²) in [6, 6.07) is 16.4.